The molecule has 3 heteroatoms. The van der Waals surface area contributed by atoms with Crippen LogP contribution in [0.15, 0.2) is 41.3 Å². The van der Waals surface area contributed by atoms with Gasteiger partial charge in [-0.3, -0.25) is 4.79 Å². The Morgan fingerprint density at radius 2 is 1.44 bits per heavy atom. The summed E-state index contributed by atoms with van der Waals surface area (Å²) < 4.78 is 12.2. The minimum atomic E-state index is -1.58. The van der Waals surface area contributed by atoms with Crippen LogP contribution in [0.4, 0.5) is 0 Å². The zero-order valence-electron chi connectivity index (χ0n) is 10.2. The van der Waals surface area contributed by atoms with Crippen LogP contribution in [0.1, 0.15) is 21.5 Å². The van der Waals surface area contributed by atoms with E-state index >= 15 is 0 Å². The molecule has 0 bridgehead atoms. The van der Waals surface area contributed by atoms with Crippen molar-refractivity contribution in [2.75, 3.05) is 0 Å². The van der Waals surface area contributed by atoms with E-state index in [4.69, 9.17) is 0 Å². The molecule has 2 aromatic carbocycles. The summed E-state index contributed by atoms with van der Waals surface area (Å²) in [7, 11) is -1.58. The molecule has 1 aliphatic heterocycles. The predicted molar refractivity (Wildman–Crippen MR) is 72.1 cm³/mol. The molecule has 3 rings (SSSR count). The molecule has 0 saturated heterocycles. The summed E-state index contributed by atoms with van der Waals surface area (Å²) >= 11 is 0. The molecule has 1 aliphatic rings. The van der Waals surface area contributed by atoms with E-state index in [1.54, 1.807) is 0 Å². The van der Waals surface area contributed by atoms with Crippen molar-refractivity contribution in [3.05, 3.63) is 53.1 Å². The number of fused-ring (bicyclic) bond motifs is 3. The maximum absolute atomic E-state index is 12.2. The van der Waals surface area contributed by atoms with Crippen LogP contribution in [-0.2, 0) is 10.8 Å². The van der Waals surface area contributed by atoms with Crippen LogP contribution >= 0.6 is 0 Å². The highest BCUT2D eigenvalue weighted by molar-refractivity contribution is 8.01. The minimum Gasteiger partial charge on any atom is -0.278 e. The van der Waals surface area contributed by atoms with E-state index < -0.39 is 10.8 Å². The Balaban J connectivity index is 2.38. The van der Waals surface area contributed by atoms with Crippen molar-refractivity contribution < 1.29 is 9.00 Å². The Morgan fingerprint density at radius 1 is 0.833 bits per heavy atom. The lowest BCUT2D eigenvalue weighted by Crippen LogP contribution is -2.16. The third-order valence-corrected chi connectivity index (χ3v) is 4.48. The van der Waals surface area contributed by atoms with Gasteiger partial charge in [0.2, 0.25) is 0 Å². The number of hydrogen-bond donors (Lipinski definition) is 0. The molecule has 0 saturated carbocycles. The van der Waals surface area contributed by atoms with Gasteiger partial charge in [-0.15, -0.1) is 0 Å². The van der Waals surface area contributed by atoms with E-state index in [1.165, 1.54) is 0 Å². The fourth-order valence-electron chi connectivity index (χ4n) is 2.27. The first-order valence-corrected chi connectivity index (χ1v) is 6.90. The van der Waals surface area contributed by atoms with Gasteiger partial charge in [-0.05, 0) is 42.7 Å². The summed E-state index contributed by atoms with van der Waals surface area (Å²) in [4.78, 5) is 12.8. The van der Waals surface area contributed by atoms with Crippen LogP contribution in [0.25, 0.3) is 11.1 Å². The molecule has 0 aliphatic carbocycles. The van der Waals surface area contributed by atoms with Gasteiger partial charge in [-0.1, -0.05) is 29.8 Å². The molecular weight excluding hydrogens is 244 g/mol. The maximum atomic E-state index is 12.2. The number of aryl methyl sites for hydroxylation is 2. The number of rotatable bonds is 0. The van der Waals surface area contributed by atoms with Crippen molar-refractivity contribution in [2.45, 2.75) is 18.7 Å². The Bertz CT molecular complexity index is 640. The lowest BCUT2D eigenvalue weighted by atomic mass is 9.97. The highest BCUT2D eigenvalue weighted by Crippen LogP contribution is 2.36. The number of benzene rings is 2. The Kier molecular flexibility index (Phi) is 2.45. The molecule has 18 heavy (non-hydrogen) atoms. The number of carbonyl (C=O) groups excluding carboxylic acids is 1. The van der Waals surface area contributed by atoms with Crippen molar-refractivity contribution in [1.29, 1.82) is 0 Å². The topological polar surface area (TPSA) is 34.1 Å². The predicted octanol–water partition coefficient (Wildman–Crippen LogP) is 3.23. The molecule has 1 atom stereocenters. The summed E-state index contributed by atoms with van der Waals surface area (Å²) in [5, 5.41) is -0.285. The zero-order chi connectivity index (χ0) is 12.9. The first-order valence-electron chi connectivity index (χ1n) is 5.76. The molecular formula is C15H12O2S. The van der Waals surface area contributed by atoms with Crippen LogP contribution in [0.2, 0.25) is 0 Å². The molecule has 2 nitrogen and oxygen atoms in total. The van der Waals surface area contributed by atoms with Gasteiger partial charge in [0, 0.05) is 5.56 Å². The molecule has 90 valence electrons. The number of carbonyl (C=O) groups is 1. The quantitative estimate of drug-likeness (QED) is 0.725. The SMILES string of the molecule is Cc1ccc2c(c1)C(=O)S(=O)c1cc(C)ccc1-2. The van der Waals surface area contributed by atoms with E-state index in [0.29, 0.717) is 10.5 Å². The normalized spacial score (nSPS) is 17.2. The summed E-state index contributed by atoms with van der Waals surface area (Å²) in [6.07, 6.45) is 0. The maximum Gasteiger partial charge on any atom is 0.254 e. The van der Waals surface area contributed by atoms with Crippen molar-refractivity contribution in [3.63, 3.8) is 0 Å². The van der Waals surface area contributed by atoms with Crippen molar-refractivity contribution in [1.82, 2.24) is 0 Å². The fraction of sp³-hybridized carbons (Fsp3) is 0.133. The monoisotopic (exact) mass is 256 g/mol. The van der Waals surface area contributed by atoms with Gasteiger partial charge in [0.25, 0.3) is 5.12 Å². The van der Waals surface area contributed by atoms with Gasteiger partial charge in [0.05, 0.1) is 4.90 Å². The minimum absolute atomic E-state index is 0.285. The Morgan fingerprint density at radius 3 is 2.17 bits per heavy atom. The summed E-state index contributed by atoms with van der Waals surface area (Å²) in [6.45, 7) is 3.87. The average Bonchev–Trinajstić information content (AvgIpc) is 2.36. The van der Waals surface area contributed by atoms with Crippen molar-refractivity contribution in [2.24, 2.45) is 0 Å². The van der Waals surface area contributed by atoms with Crippen LogP contribution < -0.4 is 0 Å². The highest BCUT2D eigenvalue weighted by Gasteiger charge is 2.29. The molecule has 0 amide bonds. The zero-order valence-corrected chi connectivity index (χ0v) is 11.0. The van der Waals surface area contributed by atoms with Gasteiger partial charge in [-0.25, -0.2) is 4.21 Å². The van der Waals surface area contributed by atoms with E-state index in [0.717, 1.165) is 22.3 Å². The van der Waals surface area contributed by atoms with Gasteiger partial charge in [0.15, 0.2) is 0 Å². The van der Waals surface area contributed by atoms with E-state index in [-0.39, 0.29) is 5.12 Å². The lowest BCUT2D eigenvalue weighted by molar-refractivity contribution is 0.108. The third kappa shape index (κ3) is 1.55. The third-order valence-electron chi connectivity index (χ3n) is 3.19. The van der Waals surface area contributed by atoms with Crippen LogP contribution in [0, 0.1) is 13.8 Å². The second kappa shape index (κ2) is 3.89. The molecule has 2 aromatic rings. The summed E-state index contributed by atoms with van der Waals surface area (Å²) in [5.74, 6) is 0. The van der Waals surface area contributed by atoms with E-state index in [1.807, 2.05) is 50.2 Å². The van der Waals surface area contributed by atoms with E-state index in [9.17, 15) is 9.00 Å². The first kappa shape index (κ1) is 11.4. The Hall–Kier alpha value is -1.74. The standard InChI is InChI=1S/C15H12O2S/c1-9-3-5-11-12-6-4-10(2)8-14(12)18(17)15(16)13(11)7-9/h3-8H,1-2H3. The Labute approximate surface area is 108 Å². The molecule has 0 radical (unpaired) electrons. The van der Waals surface area contributed by atoms with Crippen molar-refractivity contribution >= 4 is 15.9 Å². The van der Waals surface area contributed by atoms with E-state index in [2.05, 4.69) is 0 Å². The average molecular weight is 256 g/mol. The van der Waals surface area contributed by atoms with Gasteiger partial charge >= 0.3 is 0 Å². The second-order valence-electron chi connectivity index (χ2n) is 4.60. The van der Waals surface area contributed by atoms with Gasteiger partial charge in [-0.2, -0.15) is 0 Å². The van der Waals surface area contributed by atoms with Gasteiger partial charge in [0.1, 0.15) is 10.8 Å². The summed E-state index contributed by atoms with van der Waals surface area (Å²) in [5.41, 5.74) is 4.40. The molecule has 1 heterocycles. The number of hydrogen-bond acceptors (Lipinski definition) is 2. The molecule has 0 spiro atoms. The van der Waals surface area contributed by atoms with Crippen LogP contribution in [0.3, 0.4) is 0 Å². The fourth-order valence-corrected chi connectivity index (χ4v) is 3.51. The lowest BCUT2D eigenvalue weighted by Gasteiger charge is -2.18. The molecule has 0 fully saturated rings. The first-order chi connectivity index (χ1) is 8.58. The van der Waals surface area contributed by atoms with Crippen LogP contribution in [-0.4, -0.2) is 9.32 Å². The second-order valence-corrected chi connectivity index (χ2v) is 5.95. The summed E-state index contributed by atoms with van der Waals surface area (Å²) in [6, 6.07) is 11.5. The smallest absolute Gasteiger partial charge is 0.254 e. The van der Waals surface area contributed by atoms with Gasteiger partial charge < -0.3 is 0 Å². The largest absolute Gasteiger partial charge is 0.278 e. The molecule has 1 unspecified atom stereocenters. The molecule has 0 aromatic heterocycles. The highest BCUT2D eigenvalue weighted by atomic mass is 32.2. The molecule has 0 N–H and O–H groups in total. The van der Waals surface area contributed by atoms with Crippen LogP contribution in [0.5, 0.6) is 0 Å². The van der Waals surface area contributed by atoms with Crippen molar-refractivity contribution in [3.8, 4) is 11.1 Å².